The zero-order valence-electron chi connectivity index (χ0n) is 21.8. The van der Waals surface area contributed by atoms with Crippen LogP contribution in [-0.4, -0.2) is 41.7 Å². The third kappa shape index (κ3) is 4.84. The Morgan fingerprint density at radius 3 is 2.56 bits per heavy atom. The molecule has 1 aromatic carbocycles. The van der Waals surface area contributed by atoms with Crippen LogP contribution in [0, 0.1) is 12.8 Å². The van der Waals surface area contributed by atoms with E-state index in [4.69, 9.17) is 0 Å². The third-order valence-corrected chi connectivity index (χ3v) is 7.62. The number of carbonyl (C=O) groups is 1. The van der Waals surface area contributed by atoms with Crippen LogP contribution in [0.1, 0.15) is 64.2 Å². The minimum absolute atomic E-state index is 0.00780. The van der Waals surface area contributed by atoms with Crippen LogP contribution in [0.25, 0.3) is 11.1 Å². The lowest BCUT2D eigenvalue weighted by molar-refractivity contribution is -0.141. The van der Waals surface area contributed by atoms with E-state index in [0.717, 1.165) is 29.7 Å². The lowest BCUT2D eigenvalue weighted by Gasteiger charge is -2.36. The van der Waals surface area contributed by atoms with E-state index < -0.39 is 11.9 Å². The minimum Gasteiger partial charge on any atom is -0.333 e. The summed E-state index contributed by atoms with van der Waals surface area (Å²) in [7, 11) is 0. The molecule has 0 N–H and O–H groups in total. The van der Waals surface area contributed by atoms with Crippen LogP contribution < -0.4 is 0 Å². The van der Waals surface area contributed by atoms with E-state index >= 15 is 0 Å². The van der Waals surface area contributed by atoms with Gasteiger partial charge in [-0.3, -0.25) is 14.5 Å². The maximum absolute atomic E-state index is 14.2. The van der Waals surface area contributed by atoms with Gasteiger partial charge in [0.25, 0.3) is 5.91 Å². The molecule has 3 aromatic heterocycles. The number of amides is 1. The number of alkyl halides is 3. The number of hydrogen-bond donors (Lipinski definition) is 0. The molecule has 4 aromatic rings. The molecule has 0 unspecified atom stereocenters. The normalized spacial score (nSPS) is 16.4. The van der Waals surface area contributed by atoms with Gasteiger partial charge in [-0.15, -0.1) is 0 Å². The number of aryl methyl sites for hydroxylation is 2. The van der Waals surface area contributed by atoms with E-state index in [2.05, 4.69) is 15.1 Å². The summed E-state index contributed by atoms with van der Waals surface area (Å²) < 4.78 is 45.5. The minimum atomic E-state index is -4.62. The van der Waals surface area contributed by atoms with Crippen molar-refractivity contribution in [3.8, 4) is 11.1 Å². The van der Waals surface area contributed by atoms with Crippen molar-refractivity contribution in [2.75, 3.05) is 6.54 Å². The fraction of sp³-hybridized carbons (Fsp3) is 0.379. The number of benzene rings is 1. The first-order valence-electron chi connectivity index (χ1n) is 13.2. The van der Waals surface area contributed by atoms with Crippen LogP contribution in [0.5, 0.6) is 0 Å². The molecule has 1 atom stereocenters. The third-order valence-electron chi connectivity index (χ3n) is 7.62. The molecule has 0 radical (unpaired) electrons. The molecule has 4 heterocycles. The SMILES string of the molecule is CCn1cc(-c2cc(Cn3ccnc3)cc3c2CCN([C@H](c2cc(C)ccn2)C2CC2)C3=O)c(C(F)(F)F)n1. The van der Waals surface area contributed by atoms with Gasteiger partial charge in [0.2, 0.25) is 0 Å². The highest BCUT2D eigenvalue weighted by Gasteiger charge is 2.43. The van der Waals surface area contributed by atoms with Crippen LogP contribution in [0.15, 0.2) is 55.4 Å². The van der Waals surface area contributed by atoms with Crippen molar-refractivity contribution in [3.63, 3.8) is 0 Å². The number of imidazole rings is 1. The van der Waals surface area contributed by atoms with Gasteiger partial charge in [0.15, 0.2) is 5.69 Å². The summed E-state index contributed by atoms with van der Waals surface area (Å²) >= 11 is 0. The molecular formula is C29H29F3N6O. The fourth-order valence-electron chi connectivity index (χ4n) is 5.65. The standard InChI is InChI=1S/C29H29F3N6O/c1-3-37-16-24(27(35-37)29(30,31)32)22-13-19(15-36-11-9-33-17-36)14-23-21(22)7-10-38(28(23)39)26(20-4-5-20)25-12-18(2)6-8-34-25/h6,8-9,11-14,16-17,20,26H,3-5,7,10,15H2,1-2H3/t26-/m0/s1. The van der Waals surface area contributed by atoms with E-state index in [-0.39, 0.29) is 17.5 Å². The van der Waals surface area contributed by atoms with E-state index in [9.17, 15) is 18.0 Å². The highest BCUT2D eigenvalue weighted by Crippen LogP contribution is 2.47. The topological polar surface area (TPSA) is 68.8 Å². The Balaban J connectivity index is 1.48. The summed E-state index contributed by atoms with van der Waals surface area (Å²) in [6.45, 7) is 4.85. The molecular weight excluding hydrogens is 505 g/mol. The molecule has 0 saturated heterocycles. The Morgan fingerprint density at radius 1 is 1.10 bits per heavy atom. The van der Waals surface area contributed by atoms with Crippen molar-refractivity contribution in [1.29, 1.82) is 0 Å². The van der Waals surface area contributed by atoms with Gasteiger partial charge >= 0.3 is 6.18 Å². The Hall–Kier alpha value is -3.95. The predicted octanol–water partition coefficient (Wildman–Crippen LogP) is 5.69. The second kappa shape index (κ2) is 9.66. The van der Waals surface area contributed by atoms with Crippen LogP contribution in [-0.2, 0) is 25.7 Å². The lowest BCUT2D eigenvalue weighted by atomic mass is 9.87. The molecule has 10 heteroatoms. The smallest absolute Gasteiger partial charge is 0.333 e. The maximum atomic E-state index is 14.2. The monoisotopic (exact) mass is 534 g/mol. The van der Waals surface area contributed by atoms with Crippen molar-refractivity contribution < 1.29 is 18.0 Å². The summed E-state index contributed by atoms with van der Waals surface area (Å²) in [6, 6.07) is 7.42. The Kier molecular flexibility index (Phi) is 6.28. The van der Waals surface area contributed by atoms with Gasteiger partial charge in [-0.05, 0) is 85.5 Å². The van der Waals surface area contributed by atoms with E-state index in [1.54, 1.807) is 37.9 Å². The molecule has 1 saturated carbocycles. The molecule has 6 rings (SSSR count). The summed E-state index contributed by atoms with van der Waals surface area (Å²) in [5.74, 6) is 0.166. The van der Waals surface area contributed by atoms with Gasteiger partial charge in [-0.1, -0.05) is 0 Å². The molecule has 7 nitrogen and oxygen atoms in total. The number of carbonyl (C=O) groups excluding carboxylic acids is 1. The van der Waals surface area contributed by atoms with Crippen LogP contribution in [0.4, 0.5) is 13.2 Å². The van der Waals surface area contributed by atoms with Crippen LogP contribution in [0.2, 0.25) is 0 Å². The molecule has 1 amide bonds. The number of pyridine rings is 1. The van der Waals surface area contributed by atoms with Crippen molar-refractivity contribution >= 4 is 5.91 Å². The van der Waals surface area contributed by atoms with Crippen molar-refractivity contribution in [1.82, 2.24) is 29.2 Å². The summed E-state index contributed by atoms with van der Waals surface area (Å²) in [5, 5.41) is 3.85. The largest absolute Gasteiger partial charge is 0.435 e. The van der Waals surface area contributed by atoms with Gasteiger partial charge in [0.05, 0.1) is 18.1 Å². The summed E-state index contributed by atoms with van der Waals surface area (Å²) in [5.41, 5.74) is 3.25. The molecule has 1 fully saturated rings. The number of hydrogen-bond acceptors (Lipinski definition) is 4. The molecule has 39 heavy (non-hydrogen) atoms. The summed E-state index contributed by atoms with van der Waals surface area (Å²) in [6.07, 6.45) is 6.17. The van der Waals surface area contributed by atoms with Gasteiger partial charge in [0, 0.05) is 55.5 Å². The van der Waals surface area contributed by atoms with Crippen LogP contribution in [0.3, 0.4) is 0 Å². The van der Waals surface area contributed by atoms with Crippen molar-refractivity contribution in [3.05, 3.63) is 89.0 Å². The Morgan fingerprint density at radius 2 is 1.90 bits per heavy atom. The second-order valence-corrected chi connectivity index (χ2v) is 10.4. The molecule has 0 spiro atoms. The molecule has 1 aliphatic carbocycles. The predicted molar refractivity (Wildman–Crippen MR) is 139 cm³/mol. The zero-order valence-corrected chi connectivity index (χ0v) is 21.8. The van der Waals surface area contributed by atoms with E-state index in [1.165, 1.54) is 10.9 Å². The van der Waals surface area contributed by atoms with Gasteiger partial charge in [-0.2, -0.15) is 18.3 Å². The number of fused-ring (bicyclic) bond motifs is 1. The first kappa shape index (κ1) is 25.3. The number of rotatable bonds is 7. The second-order valence-electron chi connectivity index (χ2n) is 10.4. The molecule has 1 aliphatic heterocycles. The number of halogens is 3. The molecule has 0 bridgehead atoms. The van der Waals surface area contributed by atoms with E-state index in [1.807, 2.05) is 34.6 Å². The van der Waals surface area contributed by atoms with Gasteiger partial charge in [0.1, 0.15) is 0 Å². The first-order chi connectivity index (χ1) is 18.7. The Labute approximate surface area is 224 Å². The molecule has 202 valence electrons. The highest BCUT2D eigenvalue weighted by molar-refractivity contribution is 5.99. The first-order valence-corrected chi connectivity index (χ1v) is 13.2. The number of nitrogens with zero attached hydrogens (tertiary/aromatic N) is 6. The molecule has 2 aliphatic rings. The van der Waals surface area contributed by atoms with E-state index in [0.29, 0.717) is 48.7 Å². The van der Waals surface area contributed by atoms with Crippen LogP contribution >= 0.6 is 0 Å². The fourth-order valence-corrected chi connectivity index (χ4v) is 5.65. The van der Waals surface area contributed by atoms with Crippen molar-refractivity contribution in [2.45, 2.75) is 58.4 Å². The van der Waals surface area contributed by atoms with Gasteiger partial charge in [-0.25, -0.2) is 4.98 Å². The number of aromatic nitrogens is 5. The average molecular weight is 535 g/mol. The Bertz CT molecular complexity index is 1520. The van der Waals surface area contributed by atoms with Crippen molar-refractivity contribution in [2.24, 2.45) is 5.92 Å². The average Bonchev–Trinajstić information content (AvgIpc) is 3.40. The highest BCUT2D eigenvalue weighted by atomic mass is 19.4. The quantitative estimate of drug-likeness (QED) is 0.306. The lowest BCUT2D eigenvalue weighted by Crippen LogP contribution is -2.41. The maximum Gasteiger partial charge on any atom is 0.435 e. The van der Waals surface area contributed by atoms with Gasteiger partial charge < -0.3 is 9.47 Å². The zero-order chi connectivity index (χ0) is 27.3. The summed E-state index contributed by atoms with van der Waals surface area (Å²) in [4.78, 5) is 24.7.